The lowest BCUT2D eigenvalue weighted by molar-refractivity contribution is 0.388. The molecule has 0 aromatic carbocycles. The summed E-state index contributed by atoms with van der Waals surface area (Å²) in [5.74, 6) is 2.15. The van der Waals surface area contributed by atoms with E-state index < -0.39 is 0 Å². The molecule has 0 amide bonds. The first-order valence-electron chi connectivity index (χ1n) is 5.32. The highest BCUT2D eigenvalue weighted by Crippen LogP contribution is 2.22. The summed E-state index contributed by atoms with van der Waals surface area (Å²) in [5.41, 5.74) is 0. The first-order valence-corrected chi connectivity index (χ1v) is 6.30. The Morgan fingerprint density at radius 2 is 2.46 bits per heavy atom. The van der Waals surface area contributed by atoms with Gasteiger partial charge in [-0.15, -0.1) is 11.8 Å². The van der Waals surface area contributed by atoms with Crippen molar-refractivity contribution >= 4 is 16.8 Å². The second-order valence-electron chi connectivity index (χ2n) is 3.89. The van der Waals surface area contributed by atoms with Gasteiger partial charge in [0.05, 0.1) is 5.04 Å². The fraction of sp³-hybridized carbons (Fsp3) is 0.900. The van der Waals surface area contributed by atoms with Crippen LogP contribution in [0.5, 0.6) is 0 Å². The highest BCUT2D eigenvalue weighted by molar-refractivity contribution is 8.14. The van der Waals surface area contributed by atoms with Gasteiger partial charge in [-0.25, -0.2) is 0 Å². The van der Waals surface area contributed by atoms with Crippen molar-refractivity contribution in [3.05, 3.63) is 0 Å². The molecule has 1 atom stereocenters. The predicted molar refractivity (Wildman–Crippen MR) is 59.6 cm³/mol. The fourth-order valence-corrected chi connectivity index (χ4v) is 3.02. The van der Waals surface area contributed by atoms with Crippen LogP contribution in [0.25, 0.3) is 0 Å². The van der Waals surface area contributed by atoms with Crippen LogP contribution in [-0.4, -0.2) is 30.4 Å². The molecule has 2 heterocycles. The molecular weight excluding hydrogens is 180 g/mol. The van der Waals surface area contributed by atoms with Crippen LogP contribution >= 0.6 is 11.8 Å². The number of piperidine rings is 1. The highest BCUT2D eigenvalue weighted by atomic mass is 32.2. The molecule has 1 unspecified atom stereocenters. The smallest absolute Gasteiger partial charge is 0.0679 e. The molecule has 0 aromatic heterocycles. The summed E-state index contributed by atoms with van der Waals surface area (Å²) in [7, 11) is 0. The van der Waals surface area contributed by atoms with Crippen LogP contribution in [0, 0.1) is 5.92 Å². The van der Waals surface area contributed by atoms with E-state index in [9.17, 15) is 0 Å². The van der Waals surface area contributed by atoms with Crippen molar-refractivity contribution in [2.24, 2.45) is 10.9 Å². The summed E-state index contributed by atoms with van der Waals surface area (Å²) in [6.45, 7) is 3.50. The Kier molecular flexibility index (Phi) is 3.67. The lowest BCUT2D eigenvalue weighted by Gasteiger charge is -2.23. The first-order chi connectivity index (χ1) is 6.45. The van der Waals surface area contributed by atoms with Gasteiger partial charge in [0.25, 0.3) is 0 Å². The highest BCUT2D eigenvalue weighted by Gasteiger charge is 2.16. The minimum atomic E-state index is 0.859. The molecule has 1 N–H and O–H groups in total. The number of rotatable bonds is 2. The topological polar surface area (TPSA) is 24.4 Å². The maximum atomic E-state index is 4.58. The summed E-state index contributed by atoms with van der Waals surface area (Å²) in [6, 6.07) is 0. The van der Waals surface area contributed by atoms with Crippen molar-refractivity contribution in [1.29, 1.82) is 0 Å². The molecule has 3 heteroatoms. The molecule has 0 bridgehead atoms. The van der Waals surface area contributed by atoms with E-state index in [1.807, 2.05) is 11.8 Å². The number of hydrogen-bond acceptors (Lipinski definition) is 3. The molecule has 74 valence electrons. The Morgan fingerprint density at radius 3 is 3.15 bits per heavy atom. The van der Waals surface area contributed by atoms with E-state index in [0.29, 0.717) is 0 Å². The molecule has 0 radical (unpaired) electrons. The molecule has 13 heavy (non-hydrogen) atoms. The average molecular weight is 198 g/mol. The van der Waals surface area contributed by atoms with Crippen LogP contribution in [-0.2, 0) is 0 Å². The van der Waals surface area contributed by atoms with Gasteiger partial charge in [0.15, 0.2) is 0 Å². The Balaban J connectivity index is 1.78. The van der Waals surface area contributed by atoms with Crippen molar-refractivity contribution < 1.29 is 0 Å². The number of aliphatic imine (C=N–C) groups is 1. The van der Waals surface area contributed by atoms with Gasteiger partial charge in [-0.2, -0.15) is 0 Å². The first kappa shape index (κ1) is 9.53. The average Bonchev–Trinajstić information content (AvgIpc) is 2.21. The Bertz CT molecular complexity index is 185. The van der Waals surface area contributed by atoms with Crippen LogP contribution < -0.4 is 5.32 Å². The molecular formula is C10H18N2S. The maximum Gasteiger partial charge on any atom is 0.0679 e. The molecule has 2 aliphatic heterocycles. The minimum Gasteiger partial charge on any atom is -0.316 e. The van der Waals surface area contributed by atoms with E-state index >= 15 is 0 Å². The van der Waals surface area contributed by atoms with E-state index in [-0.39, 0.29) is 0 Å². The van der Waals surface area contributed by atoms with E-state index in [2.05, 4.69) is 10.3 Å². The van der Waals surface area contributed by atoms with E-state index in [0.717, 1.165) is 12.5 Å². The number of hydrogen-bond donors (Lipinski definition) is 1. The SMILES string of the molecule is C1CN=C(CC2CCCNC2)SC1. The van der Waals surface area contributed by atoms with Crippen LogP contribution in [0.1, 0.15) is 25.7 Å². The normalized spacial score (nSPS) is 29.8. The third-order valence-corrected chi connectivity index (χ3v) is 3.84. The van der Waals surface area contributed by atoms with E-state index in [1.54, 1.807) is 0 Å². The Hall–Kier alpha value is -0.0200. The van der Waals surface area contributed by atoms with Gasteiger partial charge in [0.1, 0.15) is 0 Å². The van der Waals surface area contributed by atoms with Crippen LogP contribution in [0.3, 0.4) is 0 Å². The standard InChI is InChI=1S/C10H18N2S/c1-3-9(8-11-4-1)7-10-12-5-2-6-13-10/h9,11H,1-8H2. The second kappa shape index (κ2) is 5.01. The Morgan fingerprint density at radius 1 is 1.46 bits per heavy atom. The van der Waals surface area contributed by atoms with E-state index in [4.69, 9.17) is 0 Å². The zero-order chi connectivity index (χ0) is 8.93. The quantitative estimate of drug-likeness (QED) is 0.733. The van der Waals surface area contributed by atoms with Crippen LogP contribution in [0.2, 0.25) is 0 Å². The van der Waals surface area contributed by atoms with Crippen molar-refractivity contribution in [3.63, 3.8) is 0 Å². The molecule has 1 saturated heterocycles. The second-order valence-corrected chi connectivity index (χ2v) is 5.06. The zero-order valence-corrected chi connectivity index (χ0v) is 8.91. The number of nitrogens with one attached hydrogen (secondary N) is 1. The lowest BCUT2D eigenvalue weighted by Crippen LogP contribution is -2.31. The van der Waals surface area contributed by atoms with Gasteiger partial charge >= 0.3 is 0 Å². The third-order valence-electron chi connectivity index (χ3n) is 2.72. The van der Waals surface area contributed by atoms with Crippen LogP contribution in [0.4, 0.5) is 0 Å². The molecule has 0 spiro atoms. The third kappa shape index (κ3) is 2.99. The van der Waals surface area contributed by atoms with Gasteiger partial charge in [0, 0.05) is 12.3 Å². The van der Waals surface area contributed by atoms with Gasteiger partial charge < -0.3 is 5.32 Å². The number of thioether (sulfide) groups is 1. The monoisotopic (exact) mass is 198 g/mol. The van der Waals surface area contributed by atoms with Crippen LogP contribution in [0.15, 0.2) is 4.99 Å². The summed E-state index contributed by atoms with van der Waals surface area (Å²) in [6.07, 6.45) is 5.25. The van der Waals surface area contributed by atoms with Gasteiger partial charge in [-0.1, -0.05) is 0 Å². The minimum absolute atomic E-state index is 0.859. The van der Waals surface area contributed by atoms with Gasteiger partial charge in [-0.3, -0.25) is 4.99 Å². The van der Waals surface area contributed by atoms with Gasteiger partial charge in [-0.05, 0) is 44.7 Å². The predicted octanol–water partition coefficient (Wildman–Crippen LogP) is 1.91. The Labute approximate surface area is 84.6 Å². The van der Waals surface area contributed by atoms with Crippen molar-refractivity contribution in [2.45, 2.75) is 25.7 Å². The summed E-state index contributed by atoms with van der Waals surface area (Å²) < 4.78 is 0. The van der Waals surface area contributed by atoms with Crippen molar-refractivity contribution in [3.8, 4) is 0 Å². The molecule has 0 aliphatic carbocycles. The zero-order valence-electron chi connectivity index (χ0n) is 8.09. The molecule has 2 nitrogen and oxygen atoms in total. The van der Waals surface area contributed by atoms with E-state index in [1.165, 1.54) is 49.6 Å². The fourth-order valence-electron chi connectivity index (χ4n) is 1.97. The largest absolute Gasteiger partial charge is 0.316 e. The summed E-state index contributed by atoms with van der Waals surface area (Å²) >= 11 is 1.98. The maximum absolute atomic E-state index is 4.58. The molecule has 1 fully saturated rings. The van der Waals surface area contributed by atoms with Gasteiger partial charge in [0.2, 0.25) is 0 Å². The number of nitrogens with zero attached hydrogens (tertiary/aromatic N) is 1. The molecule has 0 aromatic rings. The molecule has 2 aliphatic rings. The molecule has 0 saturated carbocycles. The molecule has 2 rings (SSSR count). The van der Waals surface area contributed by atoms with Crippen molar-refractivity contribution in [2.75, 3.05) is 25.4 Å². The summed E-state index contributed by atoms with van der Waals surface area (Å²) in [5, 5.41) is 4.88. The lowest BCUT2D eigenvalue weighted by atomic mass is 9.97. The van der Waals surface area contributed by atoms with Crippen molar-refractivity contribution in [1.82, 2.24) is 5.32 Å². The summed E-state index contributed by atoms with van der Waals surface area (Å²) in [4.78, 5) is 4.58.